The van der Waals surface area contributed by atoms with Crippen molar-refractivity contribution in [3.63, 3.8) is 0 Å². The van der Waals surface area contributed by atoms with E-state index < -0.39 is 0 Å². The highest BCUT2D eigenvalue weighted by Crippen LogP contribution is 2.33. The molecular formula is C6H3Cl3N4. The Morgan fingerprint density at radius 3 is 2.38 bits per heavy atom. The van der Waals surface area contributed by atoms with Crippen LogP contribution in [-0.4, -0.2) is 4.98 Å². The van der Waals surface area contributed by atoms with Crippen LogP contribution in [-0.2, 0) is 0 Å². The van der Waals surface area contributed by atoms with Crippen LogP contribution in [0.5, 0.6) is 0 Å². The van der Waals surface area contributed by atoms with Gasteiger partial charge in [-0.3, -0.25) is 0 Å². The number of pyridine rings is 1. The second-order valence-electron chi connectivity index (χ2n) is 2.01. The highest BCUT2D eigenvalue weighted by atomic mass is 35.5. The van der Waals surface area contributed by atoms with Crippen molar-refractivity contribution in [3.8, 4) is 6.07 Å². The lowest BCUT2D eigenvalue weighted by Gasteiger charge is -2.05. The summed E-state index contributed by atoms with van der Waals surface area (Å²) >= 11 is 17.0. The van der Waals surface area contributed by atoms with Crippen LogP contribution in [0.15, 0.2) is 0 Å². The third-order valence-electron chi connectivity index (χ3n) is 1.29. The highest BCUT2D eigenvalue weighted by molar-refractivity contribution is 6.44. The van der Waals surface area contributed by atoms with Crippen LogP contribution in [0.3, 0.4) is 0 Å². The van der Waals surface area contributed by atoms with E-state index in [0.717, 1.165) is 0 Å². The van der Waals surface area contributed by atoms with Gasteiger partial charge in [0.2, 0.25) is 0 Å². The Hall–Kier alpha value is -0.730. The summed E-state index contributed by atoms with van der Waals surface area (Å²) in [5.74, 6) is 5.20. The van der Waals surface area contributed by atoms with Crippen LogP contribution in [0, 0.1) is 11.3 Å². The summed E-state index contributed by atoms with van der Waals surface area (Å²) in [5, 5.41) is 8.73. The summed E-state index contributed by atoms with van der Waals surface area (Å²) in [6.07, 6.45) is 0. The number of nitrogens with one attached hydrogen (secondary N) is 1. The van der Waals surface area contributed by atoms with Gasteiger partial charge in [-0.05, 0) is 0 Å². The zero-order chi connectivity index (χ0) is 10.0. The maximum atomic E-state index is 8.67. The molecule has 0 fully saturated rings. The lowest BCUT2D eigenvalue weighted by atomic mass is 10.3. The third kappa shape index (κ3) is 1.79. The number of nitrogen functional groups attached to an aromatic ring is 1. The van der Waals surface area contributed by atoms with Gasteiger partial charge in [0.1, 0.15) is 11.1 Å². The summed E-state index contributed by atoms with van der Waals surface area (Å²) in [6, 6.07) is 1.80. The van der Waals surface area contributed by atoms with Crippen molar-refractivity contribution in [2.24, 2.45) is 5.84 Å². The smallest absolute Gasteiger partial charge is 0.162 e. The van der Waals surface area contributed by atoms with Crippen LogP contribution in [0.4, 0.5) is 5.82 Å². The highest BCUT2D eigenvalue weighted by Gasteiger charge is 2.15. The fourth-order valence-electron chi connectivity index (χ4n) is 0.708. The molecule has 4 nitrogen and oxygen atoms in total. The second-order valence-corrected chi connectivity index (χ2v) is 3.12. The predicted octanol–water partition coefficient (Wildman–Crippen LogP) is 2.20. The van der Waals surface area contributed by atoms with E-state index in [1.165, 1.54) is 0 Å². The lowest BCUT2D eigenvalue weighted by Crippen LogP contribution is -2.10. The second kappa shape index (κ2) is 3.99. The van der Waals surface area contributed by atoms with Crippen molar-refractivity contribution in [1.29, 1.82) is 5.26 Å². The first-order chi connectivity index (χ1) is 6.11. The molecule has 68 valence electrons. The average Bonchev–Trinajstić information content (AvgIpc) is 2.12. The molecule has 13 heavy (non-hydrogen) atoms. The van der Waals surface area contributed by atoms with Crippen LogP contribution in [0.25, 0.3) is 0 Å². The van der Waals surface area contributed by atoms with Crippen molar-refractivity contribution in [3.05, 3.63) is 20.8 Å². The molecule has 0 spiro atoms. The Morgan fingerprint density at radius 1 is 1.31 bits per heavy atom. The van der Waals surface area contributed by atoms with Crippen molar-refractivity contribution >= 4 is 40.6 Å². The van der Waals surface area contributed by atoms with Crippen molar-refractivity contribution in [2.75, 3.05) is 5.43 Å². The van der Waals surface area contributed by atoms with E-state index in [-0.39, 0.29) is 26.6 Å². The summed E-state index contributed by atoms with van der Waals surface area (Å²) in [7, 11) is 0. The van der Waals surface area contributed by atoms with Gasteiger partial charge < -0.3 is 5.43 Å². The van der Waals surface area contributed by atoms with Gasteiger partial charge in [-0.2, -0.15) is 5.26 Å². The topological polar surface area (TPSA) is 74.7 Å². The van der Waals surface area contributed by atoms with Gasteiger partial charge in [0.05, 0.1) is 10.6 Å². The molecule has 0 radical (unpaired) electrons. The normalized spacial score (nSPS) is 9.46. The molecule has 1 heterocycles. The summed E-state index contributed by atoms with van der Waals surface area (Å²) in [6.45, 7) is 0. The summed E-state index contributed by atoms with van der Waals surface area (Å²) in [5.41, 5.74) is 2.25. The molecule has 7 heteroatoms. The molecule has 3 N–H and O–H groups in total. The number of nitrogens with two attached hydrogens (primary N) is 1. The number of hydrogen-bond donors (Lipinski definition) is 2. The van der Waals surface area contributed by atoms with Gasteiger partial charge >= 0.3 is 0 Å². The van der Waals surface area contributed by atoms with Crippen molar-refractivity contribution in [1.82, 2.24) is 4.98 Å². The Morgan fingerprint density at radius 2 is 1.92 bits per heavy atom. The van der Waals surface area contributed by atoms with E-state index in [9.17, 15) is 0 Å². The van der Waals surface area contributed by atoms with E-state index in [0.29, 0.717) is 0 Å². The van der Waals surface area contributed by atoms with Gasteiger partial charge in [-0.1, -0.05) is 34.8 Å². The molecule has 0 aliphatic rings. The molecule has 0 amide bonds. The first-order valence-electron chi connectivity index (χ1n) is 3.03. The molecule has 0 aliphatic carbocycles. The van der Waals surface area contributed by atoms with Crippen molar-refractivity contribution < 1.29 is 0 Å². The Kier molecular flexibility index (Phi) is 3.17. The van der Waals surface area contributed by atoms with Crippen LogP contribution < -0.4 is 11.3 Å². The summed E-state index contributed by atoms with van der Waals surface area (Å²) < 4.78 is 0. The zero-order valence-corrected chi connectivity index (χ0v) is 8.37. The van der Waals surface area contributed by atoms with Gasteiger partial charge in [0.15, 0.2) is 11.0 Å². The Balaban J connectivity index is 3.50. The number of hydrogen-bond acceptors (Lipinski definition) is 4. The monoisotopic (exact) mass is 236 g/mol. The van der Waals surface area contributed by atoms with Gasteiger partial charge in [-0.15, -0.1) is 0 Å². The minimum absolute atomic E-state index is 0.0180. The van der Waals surface area contributed by atoms with Crippen molar-refractivity contribution in [2.45, 2.75) is 0 Å². The van der Waals surface area contributed by atoms with E-state index in [4.69, 9.17) is 45.9 Å². The van der Waals surface area contributed by atoms with E-state index in [1.54, 1.807) is 6.07 Å². The molecule has 0 aliphatic heterocycles. The molecule has 0 unspecified atom stereocenters. The van der Waals surface area contributed by atoms with Crippen LogP contribution in [0.2, 0.25) is 15.2 Å². The third-order valence-corrected chi connectivity index (χ3v) is 2.39. The quantitative estimate of drug-likeness (QED) is 0.446. The number of hydrazine groups is 1. The predicted molar refractivity (Wildman–Crippen MR) is 51.8 cm³/mol. The SMILES string of the molecule is N#Cc1c(Cl)c(Cl)nc(NN)c1Cl. The maximum absolute atomic E-state index is 8.67. The largest absolute Gasteiger partial charge is 0.307 e. The molecule has 0 saturated heterocycles. The molecule has 0 bridgehead atoms. The van der Waals surface area contributed by atoms with E-state index in [1.807, 2.05) is 0 Å². The Bertz CT molecular complexity index is 384. The van der Waals surface area contributed by atoms with E-state index in [2.05, 4.69) is 10.4 Å². The number of nitrogens with zero attached hydrogens (tertiary/aromatic N) is 2. The maximum Gasteiger partial charge on any atom is 0.162 e. The van der Waals surface area contributed by atoms with Crippen LogP contribution >= 0.6 is 34.8 Å². The summed E-state index contributed by atoms with van der Waals surface area (Å²) in [4.78, 5) is 3.71. The fourth-order valence-corrected chi connectivity index (χ4v) is 1.35. The molecular weight excluding hydrogens is 234 g/mol. The average molecular weight is 237 g/mol. The van der Waals surface area contributed by atoms with Gasteiger partial charge in [-0.25, -0.2) is 10.8 Å². The number of aromatic nitrogens is 1. The minimum atomic E-state index is -0.0180. The first kappa shape index (κ1) is 10.4. The standard InChI is InChI=1S/C6H3Cl3N4/c7-3-2(1-10)4(8)6(13-11)12-5(3)9/h11H2,(H,12,13). The number of rotatable bonds is 1. The molecule has 0 aromatic carbocycles. The minimum Gasteiger partial charge on any atom is -0.307 e. The zero-order valence-electron chi connectivity index (χ0n) is 6.11. The fraction of sp³-hybridized carbons (Fsp3) is 0. The van der Waals surface area contributed by atoms with Crippen LogP contribution in [0.1, 0.15) is 5.56 Å². The molecule has 1 aromatic heterocycles. The number of nitriles is 1. The molecule has 1 aromatic rings. The number of halogens is 3. The first-order valence-corrected chi connectivity index (χ1v) is 4.16. The molecule has 0 saturated carbocycles. The Labute approximate surface area is 89.2 Å². The lowest BCUT2D eigenvalue weighted by molar-refractivity contribution is 1.22. The molecule has 1 rings (SSSR count). The molecule has 0 atom stereocenters. The number of anilines is 1. The van der Waals surface area contributed by atoms with E-state index >= 15 is 0 Å². The van der Waals surface area contributed by atoms with Gasteiger partial charge in [0.25, 0.3) is 0 Å². The van der Waals surface area contributed by atoms with Gasteiger partial charge in [0, 0.05) is 0 Å².